The van der Waals surface area contributed by atoms with Crippen LogP contribution in [-0.2, 0) is 0 Å². The Balaban J connectivity index is 2.19. The Bertz CT molecular complexity index is 103. The summed E-state index contributed by atoms with van der Waals surface area (Å²) in [6.45, 7) is 8.41. The lowest BCUT2D eigenvalue weighted by Gasteiger charge is -2.42. The van der Waals surface area contributed by atoms with Crippen molar-refractivity contribution in [2.75, 3.05) is 0 Å². The van der Waals surface area contributed by atoms with E-state index in [2.05, 4.69) is 20.4 Å². The van der Waals surface area contributed by atoms with Crippen LogP contribution < -0.4 is 0 Å². The van der Waals surface area contributed by atoms with Crippen molar-refractivity contribution >= 4 is 0 Å². The van der Waals surface area contributed by atoms with Gasteiger partial charge in [0, 0.05) is 0 Å². The van der Waals surface area contributed by atoms with Gasteiger partial charge in [0.05, 0.1) is 0 Å². The molecule has 0 aliphatic heterocycles. The van der Waals surface area contributed by atoms with E-state index in [9.17, 15) is 0 Å². The number of hydrogen-bond acceptors (Lipinski definition) is 0. The number of hydrogen-bond donors (Lipinski definition) is 0. The molecule has 52 valence electrons. The third-order valence-corrected chi connectivity index (χ3v) is 2.18. The summed E-state index contributed by atoms with van der Waals surface area (Å²) in [4.78, 5) is 0. The van der Waals surface area contributed by atoms with Gasteiger partial charge < -0.3 is 0 Å². The highest BCUT2D eigenvalue weighted by molar-refractivity contribution is 4.89. The van der Waals surface area contributed by atoms with Crippen LogP contribution in [0.5, 0.6) is 0 Å². The van der Waals surface area contributed by atoms with E-state index in [1.807, 2.05) is 6.08 Å². The van der Waals surface area contributed by atoms with Gasteiger partial charge in [0.2, 0.25) is 0 Å². The fourth-order valence-corrected chi connectivity index (χ4v) is 1.91. The standard InChI is InChI=1S/C9H16/c1-4-5-8-6-9(2,3)7-8/h4,8H,1,5-7H2,2-3H3. The normalized spacial score (nSPS) is 25.1. The first-order valence-electron chi connectivity index (χ1n) is 3.75. The van der Waals surface area contributed by atoms with Crippen molar-refractivity contribution in [1.29, 1.82) is 0 Å². The topological polar surface area (TPSA) is 0 Å². The van der Waals surface area contributed by atoms with Crippen LogP contribution in [0.4, 0.5) is 0 Å². The van der Waals surface area contributed by atoms with E-state index in [1.54, 1.807) is 0 Å². The van der Waals surface area contributed by atoms with Crippen LogP contribution >= 0.6 is 0 Å². The molecule has 0 aromatic carbocycles. The lowest BCUT2D eigenvalue weighted by Crippen LogP contribution is -2.30. The summed E-state index contributed by atoms with van der Waals surface area (Å²) in [6.07, 6.45) is 6.07. The minimum atomic E-state index is 0.647. The van der Waals surface area contributed by atoms with Crippen molar-refractivity contribution in [3.8, 4) is 0 Å². The van der Waals surface area contributed by atoms with Crippen molar-refractivity contribution in [3.05, 3.63) is 12.7 Å². The largest absolute Gasteiger partial charge is 0.103 e. The predicted molar refractivity (Wildman–Crippen MR) is 41.3 cm³/mol. The van der Waals surface area contributed by atoms with Crippen LogP contribution in [0.15, 0.2) is 12.7 Å². The molecular formula is C9H16. The first-order chi connectivity index (χ1) is 4.14. The molecule has 0 atom stereocenters. The zero-order chi connectivity index (χ0) is 6.91. The molecule has 1 saturated carbocycles. The van der Waals surface area contributed by atoms with Gasteiger partial charge in [-0.15, -0.1) is 6.58 Å². The summed E-state index contributed by atoms with van der Waals surface area (Å²) in [5, 5.41) is 0. The van der Waals surface area contributed by atoms with Gasteiger partial charge in [0.1, 0.15) is 0 Å². The Labute approximate surface area is 58.0 Å². The molecule has 0 unspecified atom stereocenters. The molecule has 0 bridgehead atoms. The SMILES string of the molecule is C=CCC1CC(C)(C)C1. The minimum absolute atomic E-state index is 0.647. The monoisotopic (exact) mass is 124 g/mol. The highest BCUT2D eigenvalue weighted by Gasteiger charge is 2.34. The fraction of sp³-hybridized carbons (Fsp3) is 0.778. The van der Waals surface area contributed by atoms with Crippen LogP contribution in [0.1, 0.15) is 33.1 Å². The summed E-state index contributed by atoms with van der Waals surface area (Å²) < 4.78 is 0. The smallest absolute Gasteiger partial charge is 0.0324 e. The van der Waals surface area contributed by atoms with E-state index in [0.717, 1.165) is 5.92 Å². The molecule has 0 heteroatoms. The maximum absolute atomic E-state index is 3.73. The van der Waals surface area contributed by atoms with Crippen LogP contribution in [0, 0.1) is 11.3 Å². The van der Waals surface area contributed by atoms with Crippen molar-refractivity contribution in [2.45, 2.75) is 33.1 Å². The summed E-state index contributed by atoms with van der Waals surface area (Å²) in [6, 6.07) is 0. The lowest BCUT2D eigenvalue weighted by molar-refractivity contribution is 0.0991. The molecule has 1 aliphatic rings. The van der Waals surface area contributed by atoms with E-state index >= 15 is 0 Å². The third kappa shape index (κ3) is 1.57. The number of allylic oxidation sites excluding steroid dienone is 1. The van der Waals surface area contributed by atoms with Crippen LogP contribution in [0.25, 0.3) is 0 Å². The maximum atomic E-state index is 3.73. The van der Waals surface area contributed by atoms with Gasteiger partial charge in [-0.1, -0.05) is 19.9 Å². The van der Waals surface area contributed by atoms with Crippen LogP contribution in [0.3, 0.4) is 0 Å². The second kappa shape index (κ2) is 2.17. The summed E-state index contributed by atoms with van der Waals surface area (Å²) in [5.41, 5.74) is 0.647. The first-order valence-corrected chi connectivity index (χ1v) is 3.75. The highest BCUT2D eigenvalue weighted by atomic mass is 14.4. The van der Waals surface area contributed by atoms with Crippen molar-refractivity contribution in [2.24, 2.45) is 11.3 Å². The molecule has 9 heavy (non-hydrogen) atoms. The molecule has 0 saturated heterocycles. The van der Waals surface area contributed by atoms with Crippen LogP contribution in [-0.4, -0.2) is 0 Å². The van der Waals surface area contributed by atoms with Gasteiger partial charge in [-0.25, -0.2) is 0 Å². The van der Waals surface area contributed by atoms with E-state index in [1.165, 1.54) is 19.3 Å². The first kappa shape index (κ1) is 6.85. The minimum Gasteiger partial charge on any atom is -0.103 e. The molecule has 0 spiro atoms. The van der Waals surface area contributed by atoms with Gasteiger partial charge in [-0.2, -0.15) is 0 Å². The van der Waals surface area contributed by atoms with E-state index < -0.39 is 0 Å². The molecule has 0 heterocycles. The summed E-state index contributed by atoms with van der Waals surface area (Å²) >= 11 is 0. The Morgan fingerprint density at radius 3 is 2.44 bits per heavy atom. The Morgan fingerprint density at radius 2 is 2.11 bits per heavy atom. The average molecular weight is 124 g/mol. The van der Waals surface area contributed by atoms with Gasteiger partial charge in [0.25, 0.3) is 0 Å². The van der Waals surface area contributed by atoms with E-state index in [4.69, 9.17) is 0 Å². The van der Waals surface area contributed by atoms with Crippen molar-refractivity contribution < 1.29 is 0 Å². The molecule has 0 amide bonds. The molecule has 0 radical (unpaired) electrons. The van der Waals surface area contributed by atoms with Gasteiger partial charge in [-0.3, -0.25) is 0 Å². The molecule has 0 N–H and O–H groups in total. The Morgan fingerprint density at radius 1 is 1.56 bits per heavy atom. The quantitative estimate of drug-likeness (QED) is 0.496. The van der Waals surface area contributed by atoms with Crippen molar-refractivity contribution in [3.63, 3.8) is 0 Å². The van der Waals surface area contributed by atoms with E-state index in [0.29, 0.717) is 5.41 Å². The van der Waals surface area contributed by atoms with Crippen LogP contribution in [0.2, 0.25) is 0 Å². The third-order valence-electron chi connectivity index (χ3n) is 2.18. The fourth-order valence-electron chi connectivity index (χ4n) is 1.91. The average Bonchev–Trinajstić information content (AvgIpc) is 1.62. The second-order valence-electron chi connectivity index (χ2n) is 3.96. The zero-order valence-corrected chi connectivity index (χ0v) is 6.48. The lowest BCUT2D eigenvalue weighted by atomic mass is 9.63. The predicted octanol–water partition coefficient (Wildman–Crippen LogP) is 3.00. The molecule has 1 rings (SSSR count). The summed E-state index contributed by atoms with van der Waals surface area (Å²) in [7, 11) is 0. The molecule has 1 aliphatic carbocycles. The Kier molecular flexibility index (Phi) is 1.65. The molecular weight excluding hydrogens is 108 g/mol. The second-order valence-corrected chi connectivity index (χ2v) is 3.96. The molecule has 0 aromatic rings. The number of rotatable bonds is 2. The zero-order valence-electron chi connectivity index (χ0n) is 6.48. The maximum Gasteiger partial charge on any atom is -0.0324 e. The van der Waals surface area contributed by atoms with Gasteiger partial charge in [-0.05, 0) is 30.6 Å². The van der Waals surface area contributed by atoms with Crippen molar-refractivity contribution in [1.82, 2.24) is 0 Å². The Hall–Kier alpha value is -0.260. The summed E-state index contributed by atoms with van der Waals surface area (Å²) in [5.74, 6) is 0.956. The van der Waals surface area contributed by atoms with Gasteiger partial charge >= 0.3 is 0 Å². The van der Waals surface area contributed by atoms with E-state index in [-0.39, 0.29) is 0 Å². The molecule has 0 nitrogen and oxygen atoms in total. The molecule has 1 fully saturated rings. The molecule has 0 aromatic heterocycles. The highest BCUT2D eigenvalue weighted by Crippen LogP contribution is 2.46. The van der Waals surface area contributed by atoms with Gasteiger partial charge in [0.15, 0.2) is 0 Å².